The summed E-state index contributed by atoms with van der Waals surface area (Å²) in [7, 11) is 0. The lowest BCUT2D eigenvalue weighted by Gasteiger charge is -2.13. The molecule has 0 rings (SSSR count). The molecule has 0 fully saturated rings. The highest BCUT2D eigenvalue weighted by atomic mass is 32.2. The molecule has 0 aliphatic carbocycles. The first-order valence-corrected chi connectivity index (χ1v) is 5.57. The fourth-order valence-corrected chi connectivity index (χ4v) is 1.26. The van der Waals surface area contributed by atoms with E-state index in [-0.39, 0.29) is 6.54 Å². The molecule has 0 amide bonds. The Labute approximate surface area is 85.9 Å². The molecule has 0 bridgehead atoms. The van der Waals surface area contributed by atoms with Gasteiger partial charge in [-0.25, -0.2) is 0 Å². The van der Waals surface area contributed by atoms with Gasteiger partial charge in [0.15, 0.2) is 5.92 Å². The summed E-state index contributed by atoms with van der Waals surface area (Å²) in [4.78, 5) is 0. The number of halogens is 3. The molecule has 0 radical (unpaired) electrons. The number of hydrogen-bond donors (Lipinski definition) is 1. The van der Waals surface area contributed by atoms with Gasteiger partial charge in [-0.15, -0.1) is 0 Å². The topological polar surface area (TPSA) is 35.8 Å². The molecule has 1 atom stereocenters. The van der Waals surface area contributed by atoms with Crippen LogP contribution in [0.1, 0.15) is 6.42 Å². The van der Waals surface area contributed by atoms with E-state index in [1.807, 2.05) is 6.26 Å². The molecular formula is C8H13F3N2S. The lowest BCUT2D eigenvalue weighted by Crippen LogP contribution is -2.33. The maximum Gasteiger partial charge on any atom is 0.405 e. The molecule has 1 N–H and O–H groups in total. The van der Waals surface area contributed by atoms with Crippen molar-refractivity contribution in [1.29, 1.82) is 5.26 Å². The summed E-state index contributed by atoms with van der Waals surface area (Å²) >= 11 is 1.64. The number of alkyl halides is 3. The van der Waals surface area contributed by atoms with E-state index in [1.165, 1.54) is 6.07 Å². The molecule has 0 aliphatic rings. The van der Waals surface area contributed by atoms with Crippen molar-refractivity contribution in [1.82, 2.24) is 5.32 Å². The molecule has 1 unspecified atom stereocenters. The first-order valence-electron chi connectivity index (χ1n) is 4.18. The van der Waals surface area contributed by atoms with E-state index in [9.17, 15) is 13.2 Å². The maximum atomic E-state index is 12.0. The van der Waals surface area contributed by atoms with Crippen molar-refractivity contribution in [3.05, 3.63) is 0 Å². The first-order chi connectivity index (χ1) is 6.52. The first kappa shape index (κ1) is 13.6. The van der Waals surface area contributed by atoms with Crippen molar-refractivity contribution in [2.24, 2.45) is 5.92 Å². The maximum absolute atomic E-state index is 12.0. The van der Waals surface area contributed by atoms with E-state index in [0.717, 1.165) is 12.2 Å². The second-order valence-electron chi connectivity index (χ2n) is 2.77. The highest BCUT2D eigenvalue weighted by Gasteiger charge is 2.39. The van der Waals surface area contributed by atoms with Crippen LogP contribution in [0.5, 0.6) is 0 Å². The van der Waals surface area contributed by atoms with E-state index in [2.05, 4.69) is 5.32 Å². The van der Waals surface area contributed by atoms with Crippen molar-refractivity contribution >= 4 is 11.8 Å². The van der Waals surface area contributed by atoms with Crippen LogP contribution in [-0.4, -0.2) is 31.3 Å². The molecule has 0 heterocycles. The van der Waals surface area contributed by atoms with Crippen molar-refractivity contribution in [2.75, 3.05) is 25.1 Å². The Kier molecular flexibility index (Phi) is 6.75. The summed E-state index contributed by atoms with van der Waals surface area (Å²) in [5, 5.41) is 10.9. The van der Waals surface area contributed by atoms with E-state index >= 15 is 0 Å². The summed E-state index contributed by atoms with van der Waals surface area (Å²) in [6, 6.07) is 1.24. The number of rotatable bonds is 6. The Morgan fingerprint density at radius 3 is 2.57 bits per heavy atom. The van der Waals surface area contributed by atoms with Gasteiger partial charge in [0.2, 0.25) is 0 Å². The smallest absolute Gasteiger partial charge is 0.315 e. The largest absolute Gasteiger partial charge is 0.405 e. The molecule has 0 aliphatic heterocycles. The zero-order valence-electron chi connectivity index (χ0n) is 7.90. The third-order valence-corrected chi connectivity index (χ3v) is 2.30. The van der Waals surface area contributed by atoms with Crippen molar-refractivity contribution in [2.45, 2.75) is 12.6 Å². The van der Waals surface area contributed by atoms with Gasteiger partial charge in [-0.1, -0.05) is 0 Å². The predicted molar refractivity (Wildman–Crippen MR) is 51.0 cm³/mol. The standard InChI is InChI=1S/C8H13F3N2S/c1-14-4-2-3-13-6-7(5-12)8(9,10)11/h7,13H,2-4,6H2,1H3. The van der Waals surface area contributed by atoms with Crippen LogP contribution in [-0.2, 0) is 0 Å². The molecule has 0 spiro atoms. The lowest BCUT2D eigenvalue weighted by molar-refractivity contribution is -0.157. The van der Waals surface area contributed by atoms with Crippen LogP contribution in [0.15, 0.2) is 0 Å². The van der Waals surface area contributed by atoms with Crippen LogP contribution in [0, 0.1) is 17.2 Å². The van der Waals surface area contributed by atoms with Gasteiger partial charge < -0.3 is 5.32 Å². The van der Waals surface area contributed by atoms with Gasteiger partial charge in [0.1, 0.15) is 0 Å². The predicted octanol–water partition coefficient (Wildman–Crippen LogP) is 2.03. The van der Waals surface area contributed by atoms with E-state index in [1.54, 1.807) is 11.8 Å². The van der Waals surface area contributed by atoms with Crippen LogP contribution in [0.25, 0.3) is 0 Å². The summed E-state index contributed by atoms with van der Waals surface area (Å²) in [6.45, 7) is 0.212. The van der Waals surface area contributed by atoms with Crippen LogP contribution >= 0.6 is 11.8 Å². The van der Waals surface area contributed by atoms with Gasteiger partial charge >= 0.3 is 6.18 Å². The van der Waals surface area contributed by atoms with Crippen molar-refractivity contribution in [3.8, 4) is 6.07 Å². The number of nitrogens with one attached hydrogen (secondary N) is 1. The van der Waals surface area contributed by atoms with Gasteiger partial charge in [0, 0.05) is 6.54 Å². The minimum Gasteiger partial charge on any atom is -0.315 e. The molecule has 0 aromatic rings. The Morgan fingerprint density at radius 1 is 1.50 bits per heavy atom. The molecule has 6 heteroatoms. The van der Waals surface area contributed by atoms with Gasteiger partial charge in [-0.3, -0.25) is 0 Å². The zero-order chi connectivity index (χ0) is 11.0. The van der Waals surface area contributed by atoms with E-state index in [0.29, 0.717) is 6.54 Å². The van der Waals surface area contributed by atoms with Crippen molar-refractivity contribution in [3.63, 3.8) is 0 Å². The Hall–Kier alpha value is -0.410. The number of thioether (sulfide) groups is 1. The molecule has 0 saturated heterocycles. The lowest BCUT2D eigenvalue weighted by atomic mass is 10.1. The van der Waals surface area contributed by atoms with Crippen LogP contribution in [0.2, 0.25) is 0 Å². The van der Waals surface area contributed by atoms with Gasteiger partial charge in [0.05, 0.1) is 6.07 Å². The summed E-state index contributed by atoms with van der Waals surface area (Å²) in [5.74, 6) is -0.979. The zero-order valence-corrected chi connectivity index (χ0v) is 8.71. The highest BCUT2D eigenvalue weighted by Crippen LogP contribution is 2.24. The van der Waals surface area contributed by atoms with Crippen LogP contribution in [0.4, 0.5) is 13.2 Å². The molecule has 0 aromatic carbocycles. The van der Waals surface area contributed by atoms with Crippen molar-refractivity contribution < 1.29 is 13.2 Å². The molecule has 2 nitrogen and oxygen atoms in total. The minimum absolute atomic E-state index is 0.311. The fraction of sp³-hybridized carbons (Fsp3) is 0.875. The van der Waals surface area contributed by atoms with Crippen LogP contribution < -0.4 is 5.32 Å². The van der Waals surface area contributed by atoms with Gasteiger partial charge in [0.25, 0.3) is 0 Å². The quantitative estimate of drug-likeness (QED) is 0.704. The van der Waals surface area contributed by atoms with E-state index < -0.39 is 12.1 Å². The Bertz CT molecular complexity index is 188. The third-order valence-electron chi connectivity index (χ3n) is 1.60. The molecule has 82 valence electrons. The monoisotopic (exact) mass is 226 g/mol. The average Bonchev–Trinajstić information content (AvgIpc) is 2.09. The number of hydrogen-bond acceptors (Lipinski definition) is 3. The average molecular weight is 226 g/mol. The number of nitriles is 1. The molecule has 0 saturated carbocycles. The summed E-state index contributed by atoms with van der Waals surface area (Å²) in [6.07, 6.45) is -1.66. The molecule has 14 heavy (non-hydrogen) atoms. The van der Waals surface area contributed by atoms with Crippen LogP contribution in [0.3, 0.4) is 0 Å². The normalized spacial score (nSPS) is 13.6. The number of nitrogens with zero attached hydrogens (tertiary/aromatic N) is 1. The van der Waals surface area contributed by atoms with Gasteiger partial charge in [-0.05, 0) is 25.0 Å². The fourth-order valence-electron chi connectivity index (χ4n) is 0.822. The van der Waals surface area contributed by atoms with E-state index in [4.69, 9.17) is 5.26 Å². The Balaban J connectivity index is 3.61. The molecule has 0 aromatic heterocycles. The third kappa shape index (κ3) is 6.11. The SMILES string of the molecule is CSCCCNCC(C#N)C(F)(F)F. The van der Waals surface area contributed by atoms with Gasteiger partial charge in [-0.2, -0.15) is 30.2 Å². The summed E-state index contributed by atoms with van der Waals surface area (Å²) < 4.78 is 36.1. The highest BCUT2D eigenvalue weighted by molar-refractivity contribution is 7.98. The second-order valence-corrected chi connectivity index (χ2v) is 3.76. The second kappa shape index (κ2) is 6.96. The Morgan fingerprint density at radius 2 is 2.14 bits per heavy atom. The summed E-state index contributed by atoms with van der Waals surface area (Å²) in [5.41, 5.74) is 0. The molecular weight excluding hydrogens is 213 g/mol. The minimum atomic E-state index is -4.42.